The zero-order valence-electron chi connectivity index (χ0n) is 23.1. The number of fused-ring (bicyclic) bond motifs is 3. The number of benzene rings is 2. The topological polar surface area (TPSA) is 106 Å². The predicted octanol–water partition coefficient (Wildman–Crippen LogP) is 6.34. The van der Waals surface area contributed by atoms with Crippen molar-refractivity contribution in [3.63, 3.8) is 0 Å². The molecule has 1 amide bonds. The summed E-state index contributed by atoms with van der Waals surface area (Å²) >= 11 is 13.6. The lowest BCUT2D eigenvalue weighted by Crippen LogP contribution is -2.11. The number of rotatable bonds is 9. The Balaban J connectivity index is 1.73. The van der Waals surface area contributed by atoms with Gasteiger partial charge in [-0.15, -0.1) is 0 Å². The van der Waals surface area contributed by atoms with Crippen LogP contribution in [0.5, 0.6) is 11.5 Å². The molecule has 0 radical (unpaired) electrons. The third kappa shape index (κ3) is 5.41. The number of ether oxygens (including phenoxy) is 2. The van der Waals surface area contributed by atoms with E-state index in [1.54, 1.807) is 22.7 Å². The molecular weight excluding hydrogens is 584 g/mol. The van der Waals surface area contributed by atoms with Crippen molar-refractivity contribution in [1.29, 1.82) is 0 Å². The molecule has 3 aromatic heterocycles. The Hall–Kier alpha value is -4.45. The van der Waals surface area contributed by atoms with Gasteiger partial charge in [-0.25, -0.2) is 14.4 Å². The molecule has 0 fully saturated rings. The first-order valence-corrected chi connectivity index (χ1v) is 13.3. The largest absolute Gasteiger partial charge is 0.495 e. The maximum absolute atomic E-state index is 14.9. The van der Waals surface area contributed by atoms with E-state index in [4.69, 9.17) is 42.6 Å². The van der Waals surface area contributed by atoms with E-state index in [-0.39, 0.29) is 27.4 Å². The highest BCUT2D eigenvalue weighted by molar-refractivity contribution is 6.41. The number of methoxy groups -OCH3 is 2. The number of halogens is 3. The number of carbonyl (C=O) groups excluding carboxylic acids is 1. The average molecular weight is 610 g/mol. The smallest absolute Gasteiger partial charge is 0.247 e. The van der Waals surface area contributed by atoms with Crippen molar-refractivity contribution >= 4 is 63.1 Å². The standard InChI is InChI=1S/C29H26Cl2FN7O3/c1-6-22(40)35-19-9-7-8-18(32)26(19)36-29-33-12-15-10-17(23-24(30)20(41-4)11-21(42-5)25(23)31)28-34-16(13-38(2)3)14-39(28)27(15)37-29/h6-12,14H,1,13H2,2-5H3,(H,35,40)(H,33,36,37). The van der Waals surface area contributed by atoms with Crippen molar-refractivity contribution in [2.24, 2.45) is 0 Å². The molecule has 5 aromatic rings. The van der Waals surface area contributed by atoms with Crippen molar-refractivity contribution in [1.82, 2.24) is 24.3 Å². The van der Waals surface area contributed by atoms with E-state index in [0.29, 0.717) is 45.9 Å². The summed E-state index contributed by atoms with van der Waals surface area (Å²) in [6.45, 7) is 3.99. The summed E-state index contributed by atoms with van der Waals surface area (Å²) in [5.74, 6) is -0.237. The predicted molar refractivity (Wildman–Crippen MR) is 163 cm³/mol. The highest BCUT2D eigenvalue weighted by Gasteiger charge is 2.24. The number of nitrogens with one attached hydrogen (secondary N) is 2. The van der Waals surface area contributed by atoms with Gasteiger partial charge in [-0.3, -0.25) is 9.20 Å². The van der Waals surface area contributed by atoms with Crippen LogP contribution in [-0.2, 0) is 11.3 Å². The molecule has 0 bridgehead atoms. The van der Waals surface area contributed by atoms with Gasteiger partial charge in [0.1, 0.15) is 28.7 Å². The minimum atomic E-state index is -0.604. The maximum Gasteiger partial charge on any atom is 0.247 e. The minimum absolute atomic E-state index is 0.000816. The van der Waals surface area contributed by atoms with Gasteiger partial charge in [0.25, 0.3) is 0 Å². The lowest BCUT2D eigenvalue weighted by atomic mass is 10.0. The first-order chi connectivity index (χ1) is 20.1. The quantitative estimate of drug-likeness (QED) is 0.187. The van der Waals surface area contributed by atoms with Crippen molar-refractivity contribution in [2.75, 3.05) is 38.9 Å². The van der Waals surface area contributed by atoms with Crippen molar-refractivity contribution in [2.45, 2.75) is 6.54 Å². The van der Waals surface area contributed by atoms with E-state index in [9.17, 15) is 9.18 Å². The van der Waals surface area contributed by atoms with Gasteiger partial charge in [0.15, 0.2) is 5.65 Å². The second-order valence-electron chi connectivity index (χ2n) is 9.46. The van der Waals surface area contributed by atoms with Gasteiger partial charge in [0.05, 0.1) is 35.6 Å². The lowest BCUT2D eigenvalue weighted by Gasteiger charge is -2.16. The molecule has 0 saturated carbocycles. The van der Waals surface area contributed by atoms with E-state index < -0.39 is 11.7 Å². The number of hydrogen-bond acceptors (Lipinski definition) is 8. The van der Waals surface area contributed by atoms with Crippen LogP contribution >= 0.6 is 23.2 Å². The van der Waals surface area contributed by atoms with Crippen LogP contribution in [0.3, 0.4) is 0 Å². The molecule has 0 unspecified atom stereocenters. The van der Waals surface area contributed by atoms with Gasteiger partial charge in [0.2, 0.25) is 11.9 Å². The number of carbonyl (C=O) groups is 1. The second kappa shape index (κ2) is 11.8. The van der Waals surface area contributed by atoms with Gasteiger partial charge in [-0.05, 0) is 38.4 Å². The SMILES string of the molecule is C=CC(=O)Nc1cccc(F)c1Nc1ncc2cc(-c3c(Cl)c(OC)cc(OC)c3Cl)c3nc(CN(C)C)cn3c2n1. The van der Waals surface area contributed by atoms with Crippen LogP contribution in [-0.4, -0.2) is 58.5 Å². The Bertz CT molecular complexity index is 1830. The summed E-state index contributed by atoms with van der Waals surface area (Å²) < 4.78 is 27.6. The van der Waals surface area contributed by atoms with Gasteiger partial charge < -0.3 is 25.0 Å². The number of pyridine rings is 1. The van der Waals surface area contributed by atoms with Crippen LogP contribution in [0.4, 0.5) is 21.7 Å². The first-order valence-electron chi connectivity index (χ1n) is 12.6. The van der Waals surface area contributed by atoms with E-state index in [1.807, 2.05) is 31.3 Å². The van der Waals surface area contributed by atoms with Crippen molar-refractivity contribution in [3.8, 4) is 22.6 Å². The normalized spacial score (nSPS) is 11.2. The third-order valence-corrected chi connectivity index (χ3v) is 7.09. The lowest BCUT2D eigenvalue weighted by molar-refractivity contribution is -0.111. The molecule has 3 heterocycles. The van der Waals surface area contributed by atoms with Gasteiger partial charge in [-0.2, -0.15) is 4.98 Å². The summed E-state index contributed by atoms with van der Waals surface area (Å²) in [5, 5.41) is 6.68. The summed E-state index contributed by atoms with van der Waals surface area (Å²) in [4.78, 5) is 27.9. The molecule has 2 aromatic carbocycles. The fourth-order valence-corrected chi connectivity index (χ4v) is 5.20. The Morgan fingerprint density at radius 1 is 1.12 bits per heavy atom. The molecule has 13 heteroatoms. The number of nitrogens with zero attached hydrogens (tertiary/aromatic N) is 5. The molecule has 42 heavy (non-hydrogen) atoms. The van der Waals surface area contributed by atoms with Crippen LogP contribution in [0.1, 0.15) is 5.69 Å². The van der Waals surface area contributed by atoms with Crippen LogP contribution in [0.15, 0.2) is 55.4 Å². The Labute approximate surface area is 250 Å². The van der Waals surface area contributed by atoms with Crippen molar-refractivity contribution in [3.05, 3.63) is 76.9 Å². The molecule has 5 rings (SSSR count). The molecular formula is C29H26Cl2FN7O3. The van der Waals surface area contributed by atoms with E-state index in [1.165, 1.54) is 26.4 Å². The average Bonchev–Trinajstić information content (AvgIpc) is 3.38. The fourth-order valence-electron chi connectivity index (χ4n) is 4.49. The van der Waals surface area contributed by atoms with Gasteiger partial charge >= 0.3 is 0 Å². The number of imidazole rings is 1. The van der Waals surface area contributed by atoms with Crippen molar-refractivity contribution < 1.29 is 18.7 Å². The molecule has 10 nitrogen and oxygen atoms in total. The Kier molecular flexibility index (Phi) is 8.17. The highest BCUT2D eigenvalue weighted by Crippen LogP contribution is 2.47. The van der Waals surface area contributed by atoms with Gasteiger partial charge in [0, 0.05) is 41.5 Å². The van der Waals surface area contributed by atoms with Crippen LogP contribution < -0.4 is 20.1 Å². The molecule has 0 aliphatic carbocycles. The summed E-state index contributed by atoms with van der Waals surface area (Å²) in [6, 6.07) is 7.73. The molecule has 0 saturated heterocycles. The zero-order valence-corrected chi connectivity index (χ0v) is 24.6. The zero-order chi connectivity index (χ0) is 30.1. The number of aromatic nitrogens is 4. The Morgan fingerprint density at radius 3 is 2.48 bits per heavy atom. The number of para-hydroxylation sites is 1. The minimum Gasteiger partial charge on any atom is -0.495 e. The second-order valence-corrected chi connectivity index (χ2v) is 10.2. The third-order valence-electron chi connectivity index (χ3n) is 6.34. The fraction of sp³-hybridized carbons (Fsp3) is 0.172. The summed E-state index contributed by atoms with van der Waals surface area (Å²) in [6.07, 6.45) is 4.54. The van der Waals surface area contributed by atoms with Crippen LogP contribution in [0.2, 0.25) is 10.0 Å². The molecule has 0 aliphatic heterocycles. The molecule has 0 atom stereocenters. The highest BCUT2D eigenvalue weighted by atomic mass is 35.5. The van der Waals surface area contributed by atoms with E-state index in [2.05, 4.69) is 22.2 Å². The van der Waals surface area contributed by atoms with Crippen LogP contribution in [0, 0.1) is 5.82 Å². The monoisotopic (exact) mass is 609 g/mol. The first kappa shape index (κ1) is 29.1. The molecule has 216 valence electrons. The molecule has 2 N–H and O–H groups in total. The van der Waals surface area contributed by atoms with Crippen LogP contribution in [0.25, 0.3) is 27.8 Å². The summed E-state index contributed by atoms with van der Waals surface area (Å²) in [7, 11) is 6.88. The number of hydrogen-bond donors (Lipinski definition) is 2. The number of anilines is 3. The van der Waals surface area contributed by atoms with E-state index in [0.717, 1.165) is 11.8 Å². The maximum atomic E-state index is 14.9. The molecule has 0 spiro atoms. The number of amides is 1. The molecule has 0 aliphatic rings. The van der Waals surface area contributed by atoms with Gasteiger partial charge in [-0.1, -0.05) is 35.8 Å². The summed E-state index contributed by atoms with van der Waals surface area (Å²) in [5.41, 5.74) is 3.04. The Morgan fingerprint density at radius 2 is 1.83 bits per heavy atom. The van der Waals surface area contributed by atoms with E-state index >= 15 is 0 Å².